The molecule has 18 heavy (non-hydrogen) atoms. The van der Waals surface area contributed by atoms with Gasteiger partial charge in [-0.15, -0.1) is 0 Å². The molecular formula is C16H23NO. The molecule has 0 radical (unpaired) electrons. The maximum absolute atomic E-state index is 5.97. The Morgan fingerprint density at radius 3 is 3.11 bits per heavy atom. The van der Waals surface area contributed by atoms with Gasteiger partial charge in [0.05, 0.1) is 6.61 Å². The molecule has 2 atom stereocenters. The number of ether oxygens (including phenoxy) is 1. The number of nitrogens with one attached hydrogen (secondary N) is 1. The highest BCUT2D eigenvalue weighted by Crippen LogP contribution is 2.44. The minimum Gasteiger partial charge on any atom is -0.493 e. The summed E-state index contributed by atoms with van der Waals surface area (Å²) >= 11 is 0. The van der Waals surface area contributed by atoms with Crippen LogP contribution in [0, 0.1) is 5.92 Å². The van der Waals surface area contributed by atoms with Crippen LogP contribution >= 0.6 is 0 Å². The molecule has 0 aromatic heterocycles. The highest BCUT2D eigenvalue weighted by Gasteiger charge is 2.31. The predicted octanol–water partition coefficient (Wildman–Crippen LogP) is 3.11. The molecule has 1 fully saturated rings. The van der Waals surface area contributed by atoms with Gasteiger partial charge in [0.1, 0.15) is 5.75 Å². The van der Waals surface area contributed by atoms with E-state index in [-0.39, 0.29) is 0 Å². The van der Waals surface area contributed by atoms with Crippen molar-refractivity contribution in [3.8, 4) is 5.75 Å². The van der Waals surface area contributed by atoms with Crippen LogP contribution in [-0.2, 0) is 6.42 Å². The number of hydrogen-bond acceptors (Lipinski definition) is 2. The zero-order valence-corrected chi connectivity index (χ0v) is 11.2. The molecular weight excluding hydrogens is 222 g/mol. The number of benzene rings is 1. The Balaban J connectivity index is 1.91. The van der Waals surface area contributed by atoms with Crippen molar-refractivity contribution in [2.45, 2.75) is 38.0 Å². The van der Waals surface area contributed by atoms with E-state index in [4.69, 9.17) is 4.74 Å². The molecule has 1 aromatic carbocycles. The smallest absolute Gasteiger partial charge is 0.125 e. The summed E-state index contributed by atoms with van der Waals surface area (Å²) in [6.45, 7) is 2.03. The number of para-hydroxylation sites is 1. The minimum absolute atomic E-state index is 0.700. The maximum Gasteiger partial charge on any atom is 0.125 e. The molecule has 0 amide bonds. The Morgan fingerprint density at radius 2 is 2.22 bits per heavy atom. The molecule has 1 aliphatic heterocycles. The Bertz CT molecular complexity index is 416. The van der Waals surface area contributed by atoms with E-state index in [0.717, 1.165) is 19.1 Å². The Labute approximate surface area is 110 Å². The summed E-state index contributed by atoms with van der Waals surface area (Å²) in [5.74, 6) is 2.70. The zero-order valence-electron chi connectivity index (χ0n) is 11.2. The number of rotatable bonds is 3. The number of aryl methyl sites for hydroxylation is 1. The van der Waals surface area contributed by atoms with Gasteiger partial charge in [-0.2, -0.15) is 0 Å². The van der Waals surface area contributed by atoms with E-state index in [1.807, 2.05) is 0 Å². The first-order chi connectivity index (χ1) is 8.90. The Hall–Kier alpha value is -1.02. The number of hydrogen-bond donors (Lipinski definition) is 1. The molecule has 98 valence electrons. The molecule has 2 aliphatic rings. The van der Waals surface area contributed by atoms with Crippen LogP contribution in [0.5, 0.6) is 5.75 Å². The second kappa shape index (κ2) is 5.31. The van der Waals surface area contributed by atoms with Crippen LogP contribution in [0.4, 0.5) is 0 Å². The Kier molecular flexibility index (Phi) is 3.55. The lowest BCUT2D eigenvalue weighted by Crippen LogP contribution is -2.22. The van der Waals surface area contributed by atoms with Crippen molar-refractivity contribution in [1.29, 1.82) is 0 Å². The van der Waals surface area contributed by atoms with Crippen LogP contribution in [0.1, 0.15) is 42.7 Å². The van der Waals surface area contributed by atoms with Gasteiger partial charge >= 0.3 is 0 Å². The summed E-state index contributed by atoms with van der Waals surface area (Å²) in [5, 5.41) is 3.35. The van der Waals surface area contributed by atoms with Crippen molar-refractivity contribution in [2.75, 3.05) is 20.2 Å². The van der Waals surface area contributed by atoms with Crippen molar-refractivity contribution in [3.63, 3.8) is 0 Å². The lowest BCUT2D eigenvalue weighted by atomic mass is 9.86. The molecule has 2 heteroatoms. The van der Waals surface area contributed by atoms with Crippen LogP contribution in [0.25, 0.3) is 0 Å². The van der Waals surface area contributed by atoms with Crippen molar-refractivity contribution in [2.24, 2.45) is 5.92 Å². The van der Waals surface area contributed by atoms with Gasteiger partial charge in [-0.25, -0.2) is 0 Å². The third-order valence-corrected chi connectivity index (χ3v) is 4.49. The predicted molar refractivity (Wildman–Crippen MR) is 74.3 cm³/mol. The first-order valence-electron chi connectivity index (χ1n) is 7.29. The topological polar surface area (TPSA) is 21.3 Å². The molecule has 1 aromatic rings. The van der Waals surface area contributed by atoms with E-state index >= 15 is 0 Å². The van der Waals surface area contributed by atoms with E-state index < -0.39 is 0 Å². The van der Waals surface area contributed by atoms with Crippen LogP contribution in [-0.4, -0.2) is 20.2 Å². The lowest BCUT2D eigenvalue weighted by Gasteiger charge is -2.26. The van der Waals surface area contributed by atoms with E-state index in [2.05, 4.69) is 30.6 Å². The molecule has 1 saturated carbocycles. The first kappa shape index (κ1) is 12.0. The molecule has 2 nitrogen and oxygen atoms in total. The van der Waals surface area contributed by atoms with E-state index in [0.29, 0.717) is 5.92 Å². The van der Waals surface area contributed by atoms with E-state index in [1.165, 1.54) is 49.0 Å². The summed E-state index contributed by atoms with van der Waals surface area (Å²) in [7, 11) is 2.06. The average molecular weight is 245 g/mol. The van der Waals surface area contributed by atoms with Gasteiger partial charge < -0.3 is 10.1 Å². The largest absolute Gasteiger partial charge is 0.493 e. The van der Waals surface area contributed by atoms with Crippen molar-refractivity contribution in [1.82, 2.24) is 5.32 Å². The normalized spacial score (nSPS) is 26.7. The van der Waals surface area contributed by atoms with E-state index in [9.17, 15) is 0 Å². The lowest BCUT2D eigenvalue weighted by molar-refractivity contribution is 0.280. The summed E-state index contributed by atoms with van der Waals surface area (Å²) in [6, 6.07) is 6.75. The van der Waals surface area contributed by atoms with Gasteiger partial charge in [0.2, 0.25) is 0 Å². The zero-order chi connectivity index (χ0) is 12.4. The van der Waals surface area contributed by atoms with Gasteiger partial charge in [0.25, 0.3) is 0 Å². The summed E-state index contributed by atoms with van der Waals surface area (Å²) in [6.07, 6.45) is 6.40. The molecule has 2 unspecified atom stereocenters. The maximum atomic E-state index is 5.97. The van der Waals surface area contributed by atoms with Gasteiger partial charge in [-0.05, 0) is 62.2 Å². The monoisotopic (exact) mass is 245 g/mol. The summed E-state index contributed by atoms with van der Waals surface area (Å²) in [5.41, 5.74) is 2.90. The molecule has 3 rings (SSSR count). The second-order valence-corrected chi connectivity index (χ2v) is 5.64. The SMILES string of the molecule is CNCC1CCCC1c1cccc2c1OCCC2. The summed E-state index contributed by atoms with van der Waals surface area (Å²) in [4.78, 5) is 0. The first-order valence-corrected chi connectivity index (χ1v) is 7.29. The highest BCUT2D eigenvalue weighted by molar-refractivity contribution is 5.45. The highest BCUT2D eigenvalue weighted by atomic mass is 16.5. The van der Waals surface area contributed by atoms with Crippen molar-refractivity contribution in [3.05, 3.63) is 29.3 Å². The fourth-order valence-corrected chi connectivity index (χ4v) is 3.66. The minimum atomic E-state index is 0.700. The average Bonchev–Trinajstić information content (AvgIpc) is 2.87. The Morgan fingerprint density at radius 1 is 1.28 bits per heavy atom. The fraction of sp³-hybridized carbons (Fsp3) is 0.625. The molecule has 0 spiro atoms. The van der Waals surface area contributed by atoms with Crippen LogP contribution in [0.2, 0.25) is 0 Å². The third-order valence-electron chi connectivity index (χ3n) is 4.49. The van der Waals surface area contributed by atoms with Gasteiger partial charge in [-0.3, -0.25) is 0 Å². The van der Waals surface area contributed by atoms with E-state index in [1.54, 1.807) is 0 Å². The number of fused-ring (bicyclic) bond motifs is 1. The van der Waals surface area contributed by atoms with Crippen LogP contribution < -0.4 is 10.1 Å². The quantitative estimate of drug-likeness (QED) is 0.883. The van der Waals surface area contributed by atoms with Gasteiger partial charge in [-0.1, -0.05) is 24.6 Å². The molecule has 1 N–H and O–H groups in total. The van der Waals surface area contributed by atoms with Crippen molar-refractivity contribution < 1.29 is 4.74 Å². The van der Waals surface area contributed by atoms with Gasteiger partial charge in [0.15, 0.2) is 0 Å². The summed E-state index contributed by atoms with van der Waals surface area (Å²) < 4.78 is 5.97. The standard InChI is InChI=1S/C16H23NO/c1-17-11-13-6-3-8-14(13)15-9-2-5-12-7-4-10-18-16(12)15/h2,5,9,13-14,17H,3-4,6-8,10-11H2,1H3. The second-order valence-electron chi connectivity index (χ2n) is 5.64. The van der Waals surface area contributed by atoms with Crippen molar-refractivity contribution >= 4 is 0 Å². The van der Waals surface area contributed by atoms with Crippen LogP contribution in [0.3, 0.4) is 0 Å². The molecule has 1 aliphatic carbocycles. The van der Waals surface area contributed by atoms with Gasteiger partial charge in [0, 0.05) is 0 Å². The van der Waals surface area contributed by atoms with Crippen LogP contribution in [0.15, 0.2) is 18.2 Å². The molecule has 1 heterocycles. The molecule has 0 bridgehead atoms. The molecule has 0 saturated heterocycles. The fourth-order valence-electron chi connectivity index (χ4n) is 3.66. The third kappa shape index (κ3) is 2.14.